The fraction of sp³-hybridized carbons (Fsp3) is 0.417. The van der Waals surface area contributed by atoms with Crippen molar-refractivity contribution >= 4 is 23.3 Å². The predicted octanol–water partition coefficient (Wildman–Crippen LogP) is 4.44. The molecular formula is C24H31N5O3. The average Bonchev–Trinajstić information content (AvgIpc) is 3.29. The maximum Gasteiger partial charge on any atom is 0.273 e. The van der Waals surface area contributed by atoms with E-state index in [0.29, 0.717) is 23.0 Å². The molecule has 1 aromatic carbocycles. The fourth-order valence-corrected chi connectivity index (χ4v) is 3.01. The number of benzene rings is 1. The zero-order valence-electron chi connectivity index (χ0n) is 19.7. The van der Waals surface area contributed by atoms with Gasteiger partial charge in [-0.15, -0.1) is 0 Å². The normalized spacial score (nSPS) is 12.0. The van der Waals surface area contributed by atoms with E-state index in [1.54, 1.807) is 29.9 Å². The molecule has 8 heteroatoms. The molecule has 32 heavy (non-hydrogen) atoms. The number of nitrogens with one attached hydrogen (secondary N) is 2. The van der Waals surface area contributed by atoms with E-state index < -0.39 is 0 Å². The Morgan fingerprint density at radius 3 is 2.16 bits per heavy atom. The van der Waals surface area contributed by atoms with Gasteiger partial charge in [0.05, 0.1) is 12.1 Å². The minimum Gasteiger partial charge on any atom is -0.359 e. The predicted molar refractivity (Wildman–Crippen MR) is 124 cm³/mol. The minimum absolute atomic E-state index is 0.140. The van der Waals surface area contributed by atoms with Crippen LogP contribution in [0.4, 0.5) is 11.5 Å². The van der Waals surface area contributed by atoms with Crippen molar-refractivity contribution in [2.75, 3.05) is 10.6 Å². The van der Waals surface area contributed by atoms with Gasteiger partial charge in [0.1, 0.15) is 11.5 Å². The summed E-state index contributed by atoms with van der Waals surface area (Å²) in [4.78, 5) is 25.0. The number of hydrogen-bond acceptors (Lipinski definition) is 5. The Balaban J connectivity index is 1.59. The number of carbonyl (C=O) groups excluding carboxylic acids is 2. The van der Waals surface area contributed by atoms with Crippen molar-refractivity contribution in [2.24, 2.45) is 7.05 Å². The Bertz CT molecular complexity index is 1110. The number of aromatic nitrogens is 3. The van der Waals surface area contributed by atoms with Crippen molar-refractivity contribution in [3.8, 4) is 0 Å². The van der Waals surface area contributed by atoms with Crippen molar-refractivity contribution in [3.63, 3.8) is 0 Å². The highest BCUT2D eigenvalue weighted by Crippen LogP contribution is 2.25. The van der Waals surface area contributed by atoms with E-state index in [0.717, 1.165) is 11.3 Å². The third-order valence-corrected chi connectivity index (χ3v) is 4.97. The van der Waals surface area contributed by atoms with Crippen molar-refractivity contribution in [1.82, 2.24) is 14.9 Å². The molecule has 2 aromatic heterocycles. The van der Waals surface area contributed by atoms with Gasteiger partial charge >= 0.3 is 0 Å². The summed E-state index contributed by atoms with van der Waals surface area (Å²) in [6.45, 7) is 12.2. The van der Waals surface area contributed by atoms with Crippen molar-refractivity contribution in [1.29, 1.82) is 0 Å². The smallest absolute Gasteiger partial charge is 0.273 e. The molecule has 170 valence electrons. The number of nitrogens with zero attached hydrogens (tertiary/aromatic N) is 3. The Labute approximate surface area is 188 Å². The monoisotopic (exact) mass is 437 g/mol. The number of hydrogen-bond donors (Lipinski definition) is 2. The molecule has 0 aliphatic heterocycles. The first-order valence-corrected chi connectivity index (χ1v) is 10.5. The number of anilines is 2. The van der Waals surface area contributed by atoms with Crippen molar-refractivity contribution in [3.05, 3.63) is 59.1 Å². The summed E-state index contributed by atoms with van der Waals surface area (Å²) in [5.74, 6) is 0.673. The summed E-state index contributed by atoms with van der Waals surface area (Å²) in [5.41, 5.74) is 2.48. The molecule has 0 fully saturated rings. The van der Waals surface area contributed by atoms with Crippen molar-refractivity contribution in [2.45, 2.75) is 58.8 Å². The highest BCUT2D eigenvalue weighted by Gasteiger charge is 2.22. The summed E-state index contributed by atoms with van der Waals surface area (Å²) >= 11 is 0. The molecule has 0 saturated carbocycles. The Kier molecular flexibility index (Phi) is 6.25. The molecule has 0 aliphatic rings. The van der Waals surface area contributed by atoms with Crippen LogP contribution in [0.3, 0.4) is 0 Å². The van der Waals surface area contributed by atoms with E-state index in [-0.39, 0.29) is 29.1 Å². The van der Waals surface area contributed by atoms with E-state index in [9.17, 15) is 9.59 Å². The number of carbonyl (C=O) groups is 2. The van der Waals surface area contributed by atoms with Crippen LogP contribution in [0, 0.1) is 0 Å². The lowest BCUT2D eigenvalue weighted by molar-refractivity contribution is -0.115. The van der Waals surface area contributed by atoms with E-state index in [1.807, 2.05) is 39.0 Å². The molecule has 2 heterocycles. The van der Waals surface area contributed by atoms with E-state index >= 15 is 0 Å². The van der Waals surface area contributed by atoms with Crippen LogP contribution >= 0.6 is 0 Å². The Hall–Kier alpha value is -3.42. The molecule has 3 aromatic rings. The molecule has 8 nitrogen and oxygen atoms in total. The molecule has 3 rings (SSSR count). The Morgan fingerprint density at radius 2 is 1.62 bits per heavy atom. The van der Waals surface area contributed by atoms with Crippen LogP contribution in [0.15, 0.2) is 40.9 Å². The third kappa shape index (κ3) is 5.63. The van der Waals surface area contributed by atoms with Crippen molar-refractivity contribution < 1.29 is 14.1 Å². The second-order valence-corrected chi connectivity index (χ2v) is 9.99. The Morgan fingerprint density at radius 1 is 0.969 bits per heavy atom. The summed E-state index contributed by atoms with van der Waals surface area (Å²) < 4.78 is 6.87. The van der Waals surface area contributed by atoms with Gasteiger partial charge in [-0.05, 0) is 23.8 Å². The zero-order valence-corrected chi connectivity index (χ0v) is 19.7. The first-order chi connectivity index (χ1) is 14.8. The molecule has 0 unspecified atom stereocenters. The van der Waals surface area contributed by atoms with E-state index in [4.69, 9.17) is 4.52 Å². The van der Waals surface area contributed by atoms with Gasteiger partial charge in [-0.1, -0.05) is 58.8 Å². The maximum atomic E-state index is 12.7. The number of rotatable bonds is 5. The minimum atomic E-state index is -0.235. The molecule has 2 amide bonds. The summed E-state index contributed by atoms with van der Waals surface area (Å²) in [6.07, 6.45) is 0.183. The molecule has 2 N–H and O–H groups in total. The van der Waals surface area contributed by atoms with Crippen LogP contribution in [0.5, 0.6) is 0 Å². The molecule has 0 radical (unpaired) electrons. The molecule has 0 spiro atoms. The zero-order chi connectivity index (χ0) is 23.7. The summed E-state index contributed by atoms with van der Waals surface area (Å²) in [7, 11) is 1.76. The summed E-state index contributed by atoms with van der Waals surface area (Å²) in [6, 6.07) is 10.7. The molecule has 0 aliphatic carbocycles. The van der Waals surface area contributed by atoms with Gasteiger partial charge in [0.2, 0.25) is 5.91 Å². The van der Waals surface area contributed by atoms with Crippen LogP contribution in [0.25, 0.3) is 0 Å². The van der Waals surface area contributed by atoms with Gasteiger partial charge in [0.15, 0.2) is 5.82 Å². The largest absolute Gasteiger partial charge is 0.359 e. The van der Waals surface area contributed by atoms with Gasteiger partial charge in [-0.3, -0.25) is 14.3 Å². The first-order valence-electron chi connectivity index (χ1n) is 10.5. The number of amides is 2. The maximum absolute atomic E-state index is 12.7. The second kappa shape index (κ2) is 8.61. The van der Waals surface area contributed by atoms with Crippen LogP contribution in [0.1, 0.15) is 69.0 Å². The van der Waals surface area contributed by atoms with Gasteiger partial charge in [-0.25, -0.2) is 0 Å². The van der Waals surface area contributed by atoms with Crippen LogP contribution < -0.4 is 10.6 Å². The van der Waals surface area contributed by atoms with Crippen LogP contribution in [-0.4, -0.2) is 26.8 Å². The van der Waals surface area contributed by atoms with E-state index in [2.05, 4.69) is 41.7 Å². The summed E-state index contributed by atoms with van der Waals surface area (Å²) in [5, 5.41) is 14.0. The standard InChI is InChI=1S/C24H31N5O3/c1-23(2,3)18-13-17(29(7)27-18)22(31)25-16-10-8-15(9-11-16)12-21(30)26-20-14-19(32-28-20)24(4,5)6/h8-11,13-14H,12H2,1-7H3,(H,25,31)(H,26,28,30). The molecular weight excluding hydrogens is 406 g/mol. The highest BCUT2D eigenvalue weighted by atomic mass is 16.5. The molecule has 0 bridgehead atoms. The van der Waals surface area contributed by atoms with Gasteiger partial charge in [0.25, 0.3) is 5.91 Å². The molecule has 0 atom stereocenters. The lowest BCUT2D eigenvalue weighted by Gasteiger charge is -2.13. The lowest BCUT2D eigenvalue weighted by Crippen LogP contribution is -2.16. The second-order valence-electron chi connectivity index (χ2n) is 9.99. The molecule has 0 saturated heterocycles. The number of aryl methyl sites for hydroxylation is 1. The van der Waals surface area contributed by atoms with Crippen LogP contribution in [-0.2, 0) is 29.1 Å². The van der Waals surface area contributed by atoms with Gasteiger partial charge in [0, 0.05) is 29.6 Å². The third-order valence-electron chi connectivity index (χ3n) is 4.97. The lowest BCUT2D eigenvalue weighted by atomic mass is 9.92. The average molecular weight is 438 g/mol. The van der Waals surface area contributed by atoms with Gasteiger partial charge < -0.3 is 15.2 Å². The van der Waals surface area contributed by atoms with Crippen LogP contribution in [0.2, 0.25) is 0 Å². The first kappa shape index (κ1) is 23.2. The van der Waals surface area contributed by atoms with E-state index in [1.165, 1.54) is 0 Å². The SMILES string of the molecule is Cn1nc(C(C)(C)C)cc1C(=O)Nc1ccc(CC(=O)Nc2cc(C(C)(C)C)on2)cc1. The van der Waals surface area contributed by atoms with Gasteiger partial charge in [-0.2, -0.15) is 5.10 Å². The fourth-order valence-electron chi connectivity index (χ4n) is 3.01. The highest BCUT2D eigenvalue weighted by molar-refractivity contribution is 6.03. The quantitative estimate of drug-likeness (QED) is 0.614. The topological polar surface area (TPSA) is 102 Å².